The fourth-order valence-electron chi connectivity index (χ4n) is 1.14. The van der Waals surface area contributed by atoms with Crippen LogP contribution in [0.15, 0.2) is 24.3 Å². The summed E-state index contributed by atoms with van der Waals surface area (Å²) in [5.41, 5.74) is 0.880. The van der Waals surface area contributed by atoms with Gasteiger partial charge < -0.3 is 4.74 Å². The van der Waals surface area contributed by atoms with Crippen LogP contribution >= 0.6 is 24.2 Å². The molecule has 1 atom stereocenters. The first-order valence-electron chi connectivity index (χ1n) is 5.10. The summed E-state index contributed by atoms with van der Waals surface area (Å²) < 4.78 is 5.13. The van der Waals surface area contributed by atoms with Gasteiger partial charge in [0.15, 0.2) is 0 Å². The molecule has 88 valence electrons. The van der Waals surface area contributed by atoms with Gasteiger partial charge in [-0.15, -0.1) is 0 Å². The second-order valence-corrected chi connectivity index (χ2v) is 4.92. The highest BCUT2D eigenvalue weighted by Crippen LogP contribution is 2.14. The zero-order valence-electron chi connectivity index (χ0n) is 9.31. The minimum Gasteiger partial charge on any atom is -0.460 e. The molecular weight excluding hydrogens is 244 g/mol. The lowest BCUT2D eigenvalue weighted by Crippen LogP contribution is -2.23. The number of esters is 1. The van der Waals surface area contributed by atoms with Gasteiger partial charge in [-0.1, -0.05) is 37.6 Å². The van der Waals surface area contributed by atoms with E-state index in [9.17, 15) is 4.79 Å². The first kappa shape index (κ1) is 13.4. The molecule has 0 N–H and O–H groups in total. The Balaban J connectivity index is 2.49. The van der Waals surface area contributed by atoms with Crippen LogP contribution in [0.4, 0.5) is 0 Å². The third-order valence-corrected chi connectivity index (χ3v) is 3.19. The number of hydrogen-bond donors (Lipinski definition) is 1. The second-order valence-electron chi connectivity index (χ2n) is 3.93. The number of carbonyl (C=O) groups is 1. The molecule has 0 heterocycles. The van der Waals surface area contributed by atoms with Crippen LogP contribution in [0.2, 0.25) is 5.02 Å². The van der Waals surface area contributed by atoms with E-state index in [1.807, 2.05) is 26.0 Å². The summed E-state index contributed by atoms with van der Waals surface area (Å²) in [4.78, 5) is 11.5. The predicted octanol–water partition coefficient (Wildman–Crippen LogP) is 3.34. The SMILES string of the molecule is CC(C)C(S)C(=O)OCc1cccc(Cl)c1. The summed E-state index contributed by atoms with van der Waals surface area (Å²) in [7, 11) is 0. The fourth-order valence-corrected chi connectivity index (χ4v) is 1.43. The number of rotatable bonds is 4. The molecule has 1 aromatic carbocycles. The highest BCUT2D eigenvalue weighted by atomic mass is 35.5. The van der Waals surface area contributed by atoms with Crippen molar-refractivity contribution in [1.29, 1.82) is 0 Å². The van der Waals surface area contributed by atoms with E-state index < -0.39 is 0 Å². The number of thiol groups is 1. The zero-order valence-corrected chi connectivity index (χ0v) is 11.0. The van der Waals surface area contributed by atoms with Gasteiger partial charge in [-0.25, -0.2) is 0 Å². The zero-order chi connectivity index (χ0) is 12.1. The van der Waals surface area contributed by atoms with Crippen molar-refractivity contribution in [3.63, 3.8) is 0 Å². The molecule has 1 rings (SSSR count). The normalized spacial score (nSPS) is 12.6. The molecule has 0 amide bonds. The van der Waals surface area contributed by atoms with Crippen LogP contribution in [0, 0.1) is 5.92 Å². The van der Waals surface area contributed by atoms with Crippen LogP contribution < -0.4 is 0 Å². The van der Waals surface area contributed by atoms with Crippen molar-refractivity contribution in [2.45, 2.75) is 25.7 Å². The molecule has 0 aliphatic carbocycles. The Morgan fingerprint density at radius 1 is 1.50 bits per heavy atom. The standard InChI is InChI=1S/C12H15ClO2S/c1-8(2)11(16)12(14)15-7-9-4-3-5-10(13)6-9/h3-6,8,11,16H,7H2,1-2H3. The summed E-state index contributed by atoms with van der Waals surface area (Å²) in [6, 6.07) is 7.24. The largest absolute Gasteiger partial charge is 0.460 e. The Morgan fingerprint density at radius 3 is 2.75 bits per heavy atom. The van der Waals surface area contributed by atoms with Gasteiger partial charge in [-0.2, -0.15) is 12.6 Å². The predicted molar refractivity (Wildman–Crippen MR) is 68.9 cm³/mol. The number of benzene rings is 1. The van der Waals surface area contributed by atoms with Gasteiger partial charge in [0, 0.05) is 5.02 Å². The van der Waals surface area contributed by atoms with Crippen LogP contribution in [-0.4, -0.2) is 11.2 Å². The van der Waals surface area contributed by atoms with Crippen molar-refractivity contribution in [3.05, 3.63) is 34.9 Å². The molecule has 0 saturated heterocycles. The third kappa shape index (κ3) is 4.06. The van der Waals surface area contributed by atoms with Gasteiger partial charge in [0.25, 0.3) is 0 Å². The molecule has 4 heteroatoms. The van der Waals surface area contributed by atoms with Gasteiger partial charge in [-0.3, -0.25) is 4.79 Å². The van der Waals surface area contributed by atoms with Gasteiger partial charge in [-0.05, 0) is 23.6 Å². The maximum atomic E-state index is 11.5. The van der Waals surface area contributed by atoms with Crippen molar-refractivity contribution in [1.82, 2.24) is 0 Å². The molecule has 0 saturated carbocycles. The van der Waals surface area contributed by atoms with Crippen molar-refractivity contribution >= 4 is 30.2 Å². The van der Waals surface area contributed by atoms with Gasteiger partial charge in [0.1, 0.15) is 11.9 Å². The maximum absolute atomic E-state index is 11.5. The van der Waals surface area contributed by atoms with Crippen LogP contribution in [0.1, 0.15) is 19.4 Å². The first-order valence-corrected chi connectivity index (χ1v) is 5.99. The molecule has 2 nitrogen and oxygen atoms in total. The van der Waals surface area contributed by atoms with E-state index >= 15 is 0 Å². The van der Waals surface area contributed by atoms with Crippen molar-refractivity contribution in [3.8, 4) is 0 Å². The maximum Gasteiger partial charge on any atom is 0.319 e. The lowest BCUT2D eigenvalue weighted by molar-refractivity contribution is -0.145. The van der Waals surface area contributed by atoms with Crippen LogP contribution in [0.25, 0.3) is 0 Å². The molecule has 16 heavy (non-hydrogen) atoms. The molecule has 0 bridgehead atoms. The quantitative estimate of drug-likeness (QED) is 0.662. The van der Waals surface area contributed by atoms with Crippen molar-refractivity contribution in [2.24, 2.45) is 5.92 Å². The number of hydrogen-bond acceptors (Lipinski definition) is 3. The summed E-state index contributed by atoms with van der Waals surface area (Å²) in [5, 5.41) is 0.263. The summed E-state index contributed by atoms with van der Waals surface area (Å²) in [5.74, 6) is -0.131. The van der Waals surface area contributed by atoms with Gasteiger partial charge in [0.2, 0.25) is 0 Å². The van der Waals surface area contributed by atoms with E-state index in [1.165, 1.54) is 0 Å². The lowest BCUT2D eigenvalue weighted by Gasteiger charge is -2.13. The van der Waals surface area contributed by atoms with Gasteiger partial charge in [0.05, 0.1) is 0 Å². The Kier molecular flexibility index (Phi) is 5.16. The van der Waals surface area contributed by atoms with Crippen LogP contribution in [0.3, 0.4) is 0 Å². The molecule has 1 unspecified atom stereocenters. The lowest BCUT2D eigenvalue weighted by atomic mass is 10.1. The van der Waals surface area contributed by atoms with E-state index in [4.69, 9.17) is 16.3 Å². The Labute approximate surface area is 106 Å². The van der Waals surface area contributed by atoms with E-state index in [2.05, 4.69) is 12.6 Å². The summed E-state index contributed by atoms with van der Waals surface area (Å²) in [6.07, 6.45) is 0. The Hall–Kier alpha value is -0.670. The smallest absolute Gasteiger partial charge is 0.319 e. The molecule has 0 spiro atoms. The minimum absolute atomic E-state index is 0.162. The number of carbonyl (C=O) groups excluding carboxylic acids is 1. The summed E-state index contributed by atoms with van der Waals surface area (Å²) in [6.45, 7) is 4.10. The Morgan fingerprint density at radius 2 is 2.19 bits per heavy atom. The first-order chi connectivity index (χ1) is 7.50. The van der Waals surface area contributed by atoms with Crippen molar-refractivity contribution < 1.29 is 9.53 Å². The van der Waals surface area contributed by atoms with Crippen LogP contribution in [-0.2, 0) is 16.1 Å². The highest BCUT2D eigenvalue weighted by Gasteiger charge is 2.18. The molecule has 0 aromatic heterocycles. The molecule has 0 radical (unpaired) electrons. The topological polar surface area (TPSA) is 26.3 Å². The molecular formula is C12H15ClO2S. The monoisotopic (exact) mass is 258 g/mol. The highest BCUT2D eigenvalue weighted by molar-refractivity contribution is 7.81. The molecule has 0 aliphatic heterocycles. The Bertz CT molecular complexity index is 366. The molecule has 1 aromatic rings. The second kappa shape index (κ2) is 6.16. The minimum atomic E-state index is -0.376. The average Bonchev–Trinajstić information content (AvgIpc) is 2.24. The van der Waals surface area contributed by atoms with Crippen molar-refractivity contribution in [2.75, 3.05) is 0 Å². The third-order valence-electron chi connectivity index (χ3n) is 2.14. The van der Waals surface area contributed by atoms with E-state index in [0.717, 1.165) is 5.56 Å². The van der Waals surface area contributed by atoms with E-state index in [1.54, 1.807) is 12.1 Å². The van der Waals surface area contributed by atoms with Gasteiger partial charge >= 0.3 is 5.97 Å². The fraction of sp³-hybridized carbons (Fsp3) is 0.417. The average molecular weight is 259 g/mol. The van der Waals surface area contributed by atoms with Crippen LogP contribution in [0.5, 0.6) is 0 Å². The number of halogens is 1. The molecule has 0 fully saturated rings. The summed E-state index contributed by atoms with van der Waals surface area (Å²) >= 11 is 10.0. The van der Waals surface area contributed by atoms with E-state index in [0.29, 0.717) is 5.02 Å². The molecule has 0 aliphatic rings. The van der Waals surface area contributed by atoms with E-state index in [-0.39, 0.29) is 23.7 Å². The number of ether oxygens (including phenoxy) is 1.